The molecule has 0 aromatic carbocycles. The van der Waals surface area contributed by atoms with Gasteiger partial charge in [0.2, 0.25) is 0 Å². The Morgan fingerprint density at radius 2 is 2.00 bits per heavy atom. The van der Waals surface area contributed by atoms with Gasteiger partial charge in [0, 0.05) is 12.1 Å². The summed E-state index contributed by atoms with van der Waals surface area (Å²) in [7, 11) is 0. The third-order valence-corrected chi connectivity index (χ3v) is 5.20. The van der Waals surface area contributed by atoms with E-state index in [1.807, 2.05) is 0 Å². The number of nitrogens with one attached hydrogen (secondary N) is 1. The molecule has 0 bridgehead atoms. The molecule has 3 rings (SSSR count). The van der Waals surface area contributed by atoms with Gasteiger partial charge < -0.3 is 5.32 Å². The number of hydrogen-bond donors (Lipinski definition) is 1. The predicted octanol–water partition coefficient (Wildman–Crippen LogP) is 3.51. The minimum Gasteiger partial charge on any atom is -0.311 e. The van der Waals surface area contributed by atoms with Crippen molar-refractivity contribution in [3.63, 3.8) is 0 Å². The highest BCUT2D eigenvalue weighted by Gasteiger charge is 2.41. The lowest BCUT2D eigenvalue weighted by Gasteiger charge is -2.44. The zero-order valence-corrected chi connectivity index (χ0v) is 10.5. The first-order valence-electron chi connectivity index (χ1n) is 7.27. The highest BCUT2D eigenvalue weighted by atomic mass is 15.0. The molecule has 16 heavy (non-hydrogen) atoms. The van der Waals surface area contributed by atoms with Crippen molar-refractivity contribution in [1.82, 2.24) is 5.32 Å². The van der Waals surface area contributed by atoms with E-state index in [-0.39, 0.29) is 0 Å². The van der Waals surface area contributed by atoms with Crippen LogP contribution >= 0.6 is 0 Å². The summed E-state index contributed by atoms with van der Waals surface area (Å²) in [4.78, 5) is 0. The maximum absolute atomic E-state index is 3.91. The summed E-state index contributed by atoms with van der Waals surface area (Å²) in [6.45, 7) is 2.42. The maximum atomic E-state index is 3.91. The lowest BCUT2D eigenvalue weighted by molar-refractivity contribution is 0.132. The molecule has 2 saturated carbocycles. The van der Waals surface area contributed by atoms with Crippen molar-refractivity contribution in [3.8, 4) is 0 Å². The number of fused-ring (bicyclic) bond motifs is 1. The van der Waals surface area contributed by atoms with Crippen molar-refractivity contribution in [1.29, 1.82) is 0 Å². The zero-order chi connectivity index (χ0) is 11.0. The number of rotatable bonds is 3. The molecule has 4 unspecified atom stereocenters. The Balaban J connectivity index is 1.49. The van der Waals surface area contributed by atoms with Crippen LogP contribution in [0.15, 0.2) is 12.2 Å². The lowest BCUT2D eigenvalue weighted by Crippen LogP contribution is -2.52. The van der Waals surface area contributed by atoms with E-state index in [0.29, 0.717) is 0 Å². The van der Waals surface area contributed by atoms with Crippen LogP contribution < -0.4 is 5.32 Å². The molecule has 3 aliphatic rings. The fraction of sp³-hybridized carbons (Fsp3) is 0.867. The second-order valence-corrected chi connectivity index (χ2v) is 6.20. The molecule has 0 amide bonds. The molecule has 1 nitrogen and oxygen atoms in total. The largest absolute Gasteiger partial charge is 0.311 e. The highest BCUT2D eigenvalue weighted by Crippen LogP contribution is 2.43. The number of allylic oxidation sites excluding steroid dienone is 1. The van der Waals surface area contributed by atoms with Crippen molar-refractivity contribution in [2.24, 2.45) is 17.8 Å². The van der Waals surface area contributed by atoms with Crippen LogP contribution in [0.3, 0.4) is 0 Å². The molecule has 1 N–H and O–H groups in total. The van der Waals surface area contributed by atoms with E-state index in [2.05, 4.69) is 24.4 Å². The zero-order valence-electron chi connectivity index (χ0n) is 10.5. The fourth-order valence-corrected chi connectivity index (χ4v) is 4.02. The van der Waals surface area contributed by atoms with Crippen LogP contribution in [0.5, 0.6) is 0 Å². The summed E-state index contributed by atoms with van der Waals surface area (Å²) in [5.74, 6) is 2.83. The van der Waals surface area contributed by atoms with Gasteiger partial charge in [-0.2, -0.15) is 0 Å². The molecule has 0 aromatic rings. The minimum atomic E-state index is 0.750. The Hall–Kier alpha value is -0.300. The minimum absolute atomic E-state index is 0.750. The molecular formula is C15H25N. The monoisotopic (exact) mass is 219 g/mol. The Kier molecular flexibility index (Phi) is 3.06. The van der Waals surface area contributed by atoms with Gasteiger partial charge in [0.15, 0.2) is 0 Å². The van der Waals surface area contributed by atoms with Crippen molar-refractivity contribution in [2.75, 3.05) is 0 Å². The van der Waals surface area contributed by atoms with Crippen molar-refractivity contribution in [2.45, 2.75) is 64.0 Å². The van der Waals surface area contributed by atoms with Crippen LogP contribution in [0.2, 0.25) is 0 Å². The van der Waals surface area contributed by atoms with E-state index >= 15 is 0 Å². The third kappa shape index (κ3) is 1.95. The molecule has 0 heterocycles. The standard InChI is InChI=1S/C15H25N/c1-11(12-6-3-2-4-7-12)16-15-10-13-8-5-9-14(13)15/h5,9,11-16H,2-4,6-8,10H2,1H3. The van der Waals surface area contributed by atoms with Crippen LogP contribution in [0, 0.1) is 17.8 Å². The molecule has 0 spiro atoms. The van der Waals surface area contributed by atoms with Gasteiger partial charge in [0.25, 0.3) is 0 Å². The summed E-state index contributed by atoms with van der Waals surface area (Å²) < 4.78 is 0. The average Bonchev–Trinajstić information content (AvgIpc) is 2.68. The predicted molar refractivity (Wildman–Crippen MR) is 68.3 cm³/mol. The molecule has 4 atom stereocenters. The van der Waals surface area contributed by atoms with E-state index < -0.39 is 0 Å². The van der Waals surface area contributed by atoms with Gasteiger partial charge in [-0.1, -0.05) is 31.4 Å². The van der Waals surface area contributed by atoms with Gasteiger partial charge in [-0.3, -0.25) is 0 Å². The molecule has 2 fully saturated rings. The average molecular weight is 219 g/mol. The quantitative estimate of drug-likeness (QED) is 0.716. The first-order chi connectivity index (χ1) is 7.84. The molecular weight excluding hydrogens is 194 g/mol. The molecule has 0 aliphatic heterocycles. The Morgan fingerprint density at radius 1 is 1.19 bits per heavy atom. The van der Waals surface area contributed by atoms with E-state index in [4.69, 9.17) is 0 Å². The second-order valence-electron chi connectivity index (χ2n) is 6.20. The van der Waals surface area contributed by atoms with Gasteiger partial charge in [0.1, 0.15) is 0 Å². The summed E-state index contributed by atoms with van der Waals surface area (Å²) >= 11 is 0. The van der Waals surface area contributed by atoms with Crippen LogP contribution in [0.1, 0.15) is 51.9 Å². The van der Waals surface area contributed by atoms with Gasteiger partial charge in [-0.05, 0) is 50.4 Å². The molecule has 3 aliphatic carbocycles. The van der Waals surface area contributed by atoms with Crippen LogP contribution in [0.25, 0.3) is 0 Å². The molecule has 0 saturated heterocycles. The summed E-state index contributed by atoms with van der Waals surface area (Å²) in [6.07, 6.45) is 15.0. The maximum Gasteiger partial charge on any atom is 0.0138 e. The van der Waals surface area contributed by atoms with Gasteiger partial charge in [0.05, 0.1) is 0 Å². The summed E-state index contributed by atoms with van der Waals surface area (Å²) in [6, 6.07) is 1.56. The SMILES string of the molecule is CC(NC1CC2CC=CC21)C1CCCCC1. The molecule has 0 aromatic heterocycles. The van der Waals surface area contributed by atoms with E-state index in [1.165, 1.54) is 44.9 Å². The second kappa shape index (κ2) is 4.52. The van der Waals surface area contributed by atoms with Crippen LogP contribution in [-0.2, 0) is 0 Å². The van der Waals surface area contributed by atoms with E-state index in [0.717, 1.165) is 29.8 Å². The van der Waals surface area contributed by atoms with Crippen molar-refractivity contribution < 1.29 is 0 Å². The van der Waals surface area contributed by atoms with Crippen LogP contribution in [-0.4, -0.2) is 12.1 Å². The Labute approximate surface area is 99.7 Å². The van der Waals surface area contributed by atoms with Gasteiger partial charge >= 0.3 is 0 Å². The lowest BCUT2D eigenvalue weighted by atomic mass is 9.70. The number of hydrogen-bond acceptors (Lipinski definition) is 1. The summed E-state index contributed by atoms with van der Waals surface area (Å²) in [5, 5.41) is 3.91. The molecule has 0 radical (unpaired) electrons. The Morgan fingerprint density at radius 3 is 2.75 bits per heavy atom. The van der Waals surface area contributed by atoms with E-state index in [9.17, 15) is 0 Å². The van der Waals surface area contributed by atoms with E-state index in [1.54, 1.807) is 0 Å². The highest BCUT2D eigenvalue weighted by molar-refractivity contribution is 5.13. The van der Waals surface area contributed by atoms with Crippen molar-refractivity contribution in [3.05, 3.63) is 12.2 Å². The third-order valence-electron chi connectivity index (χ3n) is 5.20. The summed E-state index contributed by atoms with van der Waals surface area (Å²) in [5.41, 5.74) is 0. The van der Waals surface area contributed by atoms with Gasteiger partial charge in [-0.15, -0.1) is 0 Å². The molecule has 90 valence electrons. The smallest absolute Gasteiger partial charge is 0.0138 e. The fourth-order valence-electron chi connectivity index (χ4n) is 4.02. The van der Waals surface area contributed by atoms with Crippen LogP contribution in [0.4, 0.5) is 0 Å². The molecule has 1 heteroatoms. The first kappa shape index (κ1) is 10.8. The van der Waals surface area contributed by atoms with Crippen molar-refractivity contribution >= 4 is 0 Å². The Bertz CT molecular complexity index is 265. The first-order valence-corrected chi connectivity index (χ1v) is 7.27. The normalized spacial score (nSPS) is 40.4. The topological polar surface area (TPSA) is 12.0 Å². The van der Waals surface area contributed by atoms with Gasteiger partial charge in [-0.25, -0.2) is 0 Å².